The molecule has 0 unspecified atom stereocenters. The molecule has 1 nitrogen and oxygen atoms in total. The Morgan fingerprint density at radius 3 is 2.67 bits per heavy atom. The molecule has 0 atom stereocenters. The number of nitrogens with zero attached hydrogens (tertiary/aromatic N) is 1. The van der Waals surface area contributed by atoms with Gasteiger partial charge in [-0.15, -0.1) is 12.4 Å². The van der Waals surface area contributed by atoms with E-state index in [2.05, 4.69) is 23.7 Å². The Hall–Kier alpha value is -2.37. The van der Waals surface area contributed by atoms with E-state index in [1.165, 1.54) is 12.1 Å². The summed E-state index contributed by atoms with van der Waals surface area (Å²) in [5, 5.41) is 1.01. The summed E-state index contributed by atoms with van der Waals surface area (Å²) >= 11 is 0. The summed E-state index contributed by atoms with van der Waals surface area (Å²) in [4.78, 5) is 4.50. The number of halogens is 2. The highest BCUT2D eigenvalue weighted by molar-refractivity contribution is 5.88. The first-order chi connectivity index (χ1) is 11.3. The van der Waals surface area contributed by atoms with Crippen LogP contribution in [0.3, 0.4) is 0 Å². The van der Waals surface area contributed by atoms with E-state index in [-0.39, 0.29) is 18.2 Å². The van der Waals surface area contributed by atoms with Gasteiger partial charge in [-0.05, 0) is 42.3 Å². The molecule has 122 valence electrons. The molecule has 3 aromatic rings. The maximum Gasteiger partial charge on any atom is 0.123 e. The van der Waals surface area contributed by atoms with Gasteiger partial charge in [0, 0.05) is 29.1 Å². The molecule has 0 aliphatic heterocycles. The lowest BCUT2D eigenvalue weighted by Crippen LogP contribution is -1.87. The first kappa shape index (κ1) is 18.0. The second-order valence-corrected chi connectivity index (χ2v) is 5.51. The third kappa shape index (κ3) is 4.13. The van der Waals surface area contributed by atoms with Crippen molar-refractivity contribution < 1.29 is 4.39 Å². The molecule has 0 aliphatic rings. The van der Waals surface area contributed by atoms with Gasteiger partial charge in [0.05, 0.1) is 5.52 Å². The van der Waals surface area contributed by atoms with E-state index in [9.17, 15) is 4.39 Å². The summed E-state index contributed by atoms with van der Waals surface area (Å²) in [6, 6.07) is 14.6. The molecule has 3 rings (SSSR count). The lowest BCUT2D eigenvalue weighted by molar-refractivity contribution is 0.628. The van der Waals surface area contributed by atoms with E-state index >= 15 is 0 Å². The quantitative estimate of drug-likeness (QED) is 0.421. The van der Waals surface area contributed by atoms with Crippen LogP contribution in [0.15, 0.2) is 54.7 Å². The molecule has 0 spiro atoms. The molecule has 24 heavy (non-hydrogen) atoms. The highest BCUT2D eigenvalue weighted by atomic mass is 35.5. The minimum absolute atomic E-state index is 0. The van der Waals surface area contributed by atoms with Crippen molar-refractivity contribution in [2.24, 2.45) is 0 Å². The minimum Gasteiger partial charge on any atom is -0.256 e. The van der Waals surface area contributed by atoms with Crippen LogP contribution in [0.4, 0.5) is 4.39 Å². The highest BCUT2D eigenvalue weighted by Crippen LogP contribution is 2.25. The average Bonchev–Trinajstić information content (AvgIpc) is 2.58. The van der Waals surface area contributed by atoms with Gasteiger partial charge in [0.15, 0.2) is 0 Å². The topological polar surface area (TPSA) is 12.9 Å². The predicted octanol–water partition coefficient (Wildman–Crippen LogP) is 6.00. The number of benzene rings is 2. The Kier molecular flexibility index (Phi) is 6.35. The molecular formula is C21H19ClFN. The van der Waals surface area contributed by atoms with Crippen molar-refractivity contribution in [3.8, 4) is 23.0 Å². The molecule has 0 aliphatic carbocycles. The number of unbranched alkanes of at least 4 members (excludes halogenated alkanes) is 2. The molecule has 3 heteroatoms. The van der Waals surface area contributed by atoms with Crippen molar-refractivity contribution in [3.05, 3.63) is 66.1 Å². The van der Waals surface area contributed by atoms with E-state index in [0.717, 1.165) is 46.9 Å². The summed E-state index contributed by atoms with van der Waals surface area (Å²) in [6.45, 7) is 2.16. The van der Waals surface area contributed by atoms with E-state index < -0.39 is 0 Å². The fourth-order valence-electron chi connectivity index (χ4n) is 2.51. The Morgan fingerprint density at radius 2 is 1.88 bits per heavy atom. The van der Waals surface area contributed by atoms with Crippen molar-refractivity contribution in [1.82, 2.24) is 4.98 Å². The maximum atomic E-state index is 13.4. The molecule has 0 saturated carbocycles. The predicted molar refractivity (Wildman–Crippen MR) is 101 cm³/mol. The van der Waals surface area contributed by atoms with Crippen molar-refractivity contribution in [1.29, 1.82) is 0 Å². The SMILES string of the molecule is CCCCC#Cc1cccc2ncc(-c3cccc(F)c3)cc12.Cl. The maximum absolute atomic E-state index is 13.4. The zero-order valence-corrected chi connectivity index (χ0v) is 14.4. The number of rotatable bonds is 3. The van der Waals surface area contributed by atoms with Gasteiger partial charge in [-0.2, -0.15) is 0 Å². The zero-order valence-electron chi connectivity index (χ0n) is 13.6. The smallest absolute Gasteiger partial charge is 0.123 e. The standard InChI is InChI=1S/C21H18FN.ClH/c1-2-3-4-5-8-16-9-7-12-21-20(16)14-18(15-23-21)17-10-6-11-19(22)13-17;/h6-7,9-15H,2-4H2,1H3;1H. The van der Waals surface area contributed by atoms with Gasteiger partial charge >= 0.3 is 0 Å². The molecular weight excluding hydrogens is 321 g/mol. The molecule has 1 aromatic heterocycles. The molecule has 0 amide bonds. The summed E-state index contributed by atoms with van der Waals surface area (Å²) in [7, 11) is 0. The van der Waals surface area contributed by atoms with Crippen LogP contribution < -0.4 is 0 Å². The molecule has 0 radical (unpaired) electrons. The van der Waals surface area contributed by atoms with Crippen LogP contribution in [-0.4, -0.2) is 4.98 Å². The second kappa shape index (κ2) is 8.47. The van der Waals surface area contributed by atoms with E-state index in [0.29, 0.717) is 0 Å². The van der Waals surface area contributed by atoms with Crippen molar-refractivity contribution in [2.75, 3.05) is 0 Å². The van der Waals surface area contributed by atoms with Crippen molar-refractivity contribution in [2.45, 2.75) is 26.2 Å². The largest absolute Gasteiger partial charge is 0.256 e. The van der Waals surface area contributed by atoms with E-state index in [4.69, 9.17) is 0 Å². The first-order valence-corrected chi connectivity index (χ1v) is 7.91. The van der Waals surface area contributed by atoms with Crippen molar-refractivity contribution >= 4 is 23.3 Å². The monoisotopic (exact) mass is 339 g/mol. The van der Waals surface area contributed by atoms with Crippen molar-refractivity contribution in [3.63, 3.8) is 0 Å². The number of pyridine rings is 1. The highest BCUT2D eigenvalue weighted by Gasteiger charge is 2.04. The van der Waals surface area contributed by atoms with Gasteiger partial charge in [0.2, 0.25) is 0 Å². The van der Waals surface area contributed by atoms with Gasteiger partial charge in [-0.25, -0.2) is 4.39 Å². The minimum atomic E-state index is -0.241. The third-order valence-electron chi connectivity index (χ3n) is 3.76. The van der Waals surface area contributed by atoms with Crippen LogP contribution in [0, 0.1) is 17.7 Å². The van der Waals surface area contributed by atoms with Crippen LogP contribution >= 0.6 is 12.4 Å². The Morgan fingerprint density at radius 1 is 1.04 bits per heavy atom. The summed E-state index contributed by atoms with van der Waals surface area (Å²) in [5.41, 5.74) is 3.62. The Labute approximate surface area is 148 Å². The molecule has 0 bridgehead atoms. The van der Waals surface area contributed by atoms with E-state index in [1.54, 1.807) is 12.3 Å². The van der Waals surface area contributed by atoms with E-state index in [1.807, 2.05) is 30.3 Å². The molecule has 0 saturated heterocycles. The molecule has 0 fully saturated rings. The average molecular weight is 340 g/mol. The normalized spacial score (nSPS) is 9.92. The number of hydrogen-bond acceptors (Lipinski definition) is 1. The van der Waals surface area contributed by atoms with Crippen LogP contribution in [-0.2, 0) is 0 Å². The number of fused-ring (bicyclic) bond motifs is 1. The van der Waals surface area contributed by atoms with Gasteiger partial charge < -0.3 is 0 Å². The summed E-state index contributed by atoms with van der Waals surface area (Å²) < 4.78 is 13.4. The lowest BCUT2D eigenvalue weighted by atomic mass is 10.0. The van der Waals surface area contributed by atoms with Crippen LogP contribution in [0.5, 0.6) is 0 Å². The van der Waals surface area contributed by atoms with Crippen LogP contribution in [0.2, 0.25) is 0 Å². The molecule has 1 heterocycles. The number of aromatic nitrogens is 1. The Bertz CT molecular complexity index is 893. The van der Waals surface area contributed by atoms with Crippen LogP contribution in [0.25, 0.3) is 22.0 Å². The fraction of sp³-hybridized carbons (Fsp3) is 0.190. The number of hydrogen-bond donors (Lipinski definition) is 0. The zero-order chi connectivity index (χ0) is 16.1. The van der Waals surface area contributed by atoms with Gasteiger partial charge in [0.25, 0.3) is 0 Å². The Balaban J connectivity index is 0.00000208. The van der Waals surface area contributed by atoms with Crippen LogP contribution in [0.1, 0.15) is 31.7 Å². The van der Waals surface area contributed by atoms with Gasteiger partial charge in [-0.1, -0.05) is 43.4 Å². The molecule has 2 aromatic carbocycles. The van der Waals surface area contributed by atoms with Gasteiger partial charge in [-0.3, -0.25) is 4.98 Å². The summed E-state index contributed by atoms with van der Waals surface area (Å²) in [6.07, 6.45) is 4.95. The lowest BCUT2D eigenvalue weighted by Gasteiger charge is -2.05. The molecule has 0 N–H and O–H groups in total. The van der Waals surface area contributed by atoms with Gasteiger partial charge in [0.1, 0.15) is 5.82 Å². The second-order valence-electron chi connectivity index (χ2n) is 5.51. The summed E-state index contributed by atoms with van der Waals surface area (Å²) in [5.74, 6) is 6.23. The fourth-order valence-corrected chi connectivity index (χ4v) is 2.51. The third-order valence-corrected chi connectivity index (χ3v) is 3.76. The first-order valence-electron chi connectivity index (χ1n) is 7.91.